The van der Waals surface area contributed by atoms with Crippen LogP contribution in [0.2, 0.25) is 0 Å². The lowest BCUT2D eigenvalue weighted by Gasteiger charge is -2.30. The van der Waals surface area contributed by atoms with E-state index in [2.05, 4.69) is 11.5 Å². The van der Waals surface area contributed by atoms with Gasteiger partial charge in [-0.3, -0.25) is 4.79 Å². The lowest BCUT2D eigenvalue weighted by molar-refractivity contribution is -0.895. The molecule has 3 heterocycles. The summed E-state index contributed by atoms with van der Waals surface area (Å²) in [5, 5.41) is 1.78. The molecule has 1 fully saturated rings. The van der Waals surface area contributed by atoms with Crippen molar-refractivity contribution in [2.24, 2.45) is 0 Å². The van der Waals surface area contributed by atoms with E-state index in [-0.39, 0.29) is 5.78 Å². The summed E-state index contributed by atoms with van der Waals surface area (Å²) in [5.74, 6) is 0.141. The summed E-state index contributed by atoms with van der Waals surface area (Å²) >= 11 is 1.25. The van der Waals surface area contributed by atoms with Crippen LogP contribution in [0.4, 0.5) is 0 Å². The molecule has 1 aliphatic heterocycles. The molecule has 0 spiro atoms. The molecule has 1 N–H and O–H groups in total. The second-order valence-corrected chi connectivity index (χ2v) is 9.83. The Morgan fingerprint density at radius 2 is 1.96 bits per heavy atom. The maximum atomic E-state index is 12.7. The first-order valence-electron chi connectivity index (χ1n) is 8.91. The SMILES string of the molecule is CCn1c(C)cc(C(=O)C[NH+]2CCN(S(=O)(=O)c3cccs3)CC2)c1C. The van der Waals surface area contributed by atoms with Crippen molar-refractivity contribution in [1.82, 2.24) is 8.87 Å². The Morgan fingerprint density at radius 3 is 2.50 bits per heavy atom. The van der Waals surface area contributed by atoms with Crippen LogP contribution in [0, 0.1) is 13.8 Å². The van der Waals surface area contributed by atoms with Crippen molar-refractivity contribution in [3.8, 4) is 0 Å². The number of sulfonamides is 1. The quantitative estimate of drug-likeness (QED) is 0.740. The van der Waals surface area contributed by atoms with E-state index < -0.39 is 10.0 Å². The molecule has 0 aliphatic carbocycles. The number of ketones is 1. The van der Waals surface area contributed by atoms with E-state index >= 15 is 0 Å². The Hall–Kier alpha value is -1.48. The Morgan fingerprint density at radius 1 is 1.27 bits per heavy atom. The topological polar surface area (TPSA) is 63.8 Å². The van der Waals surface area contributed by atoms with Gasteiger partial charge in [0.1, 0.15) is 10.8 Å². The number of aromatic nitrogens is 1. The molecule has 0 atom stereocenters. The van der Waals surface area contributed by atoms with Crippen molar-refractivity contribution in [2.45, 2.75) is 31.5 Å². The molecule has 0 saturated carbocycles. The van der Waals surface area contributed by atoms with Gasteiger partial charge in [-0.15, -0.1) is 11.3 Å². The number of carbonyl (C=O) groups is 1. The van der Waals surface area contributed by atoms with Crippen LogP contribution < -0.4 is 4.90 Å². The summed E-state index contributed by atoms with van der Waals surface area (Å²) in [4.78, 5) is 13.9. The minimum absolute atomic E-state index is 0.141. The summed E-state index contributed by atoms with van der Waals surface area (Å²) in [6, 6.07) is 5.37. The molecule has 0 radical (unpaired) electrons. The molecule has 0 bridgehead atoms. The minimum atomic E-state index is -3.38. The van der Waals surface area contributed by atoms with Gasteiger partial charge in [0.05, 0.1) is 26.2 Å². The zero-order chi connectivity index (χ0) is 18.9. The van der Waals surface area contributed by atoms with Crippen LogP contribution in [0.15, 0.2) is 27.8 Å². The van der Waals surface area contributed by atoms with E-state index in [4.69, 9.17) is 0 Å². The Balaban J connectivity index is 1.62. The summed E-state index contributed by atoms with van der Waals surface area (Å²) in [6.45, 7) is 9.59. The average Bonchev–Trinajstić information content (AvgIpc) is 3.24. The molecular weight excluding hydrogens is 370 g/mol. The van der Waals surface area contributed by atoms with Gasteiger partial charge in [-0.2, -0.15) is 4.31 Å². The molecule has 6 nitrogen and oxygen atoms in total. The number of Topliss-reactive ketones (excluding diaryl/α,β-unsaturated/α-hetero) is 1. The number of thiophene rings is 1. The first kappa shape index (κ1) is 19.3. The van der Waals surface area contributed by atoms with Gasteiger partial charge < -0.3 is 9.47 Å². The normalized spacial score (nSPS) is 16.9. The molecule has 2 aromatic rings. The van der Waals surface area contributed by atoms with Crippen molar-refractivity contribution < 1.29 is 18.1 Å². The van der Waals surface area contributed by atoms with E-state index in [9.17, 15) is 13.2 Å². The van der Waals surface area contributed by atoms with Crippen LogP contribution >= 0.6 is 11.3 Å². The van der Waals surface area contributed by atoms with Crippen LogP contribution in [-0.4, -0.2) is 55.8 Å². The lowest BCUT2D eigenvalue weighted by atomic mass is 10.1. The number of carbonyl (C=O) groups excluding carboxylic acids is 1. The van der Waals surface area contributed by atoms with Crippen LogP contribution in [0.5, 0.6) is 0 Å². The van der Waals surface area contributed by atoms with Crippen molar-refractivity contribution >= 4 is 27.1 Å². The predicted molar refractivity (Wildman–Crippen MR) is 103 cm³/mol. The highest BCUT2D eigenvalue weighted by Gasteiger charge is 2.32. The van der Waals surface area contributed by atoms with Gasteiger partial charge in [-0.1, -0.05) is 6.07 Å². The van der Waals surface area contributed by atoms with Crippen LogP contribution in [0.1, 0.15) is 28.7 Å². The maximum absolute atomic E-state index is 12.7. The zero-order valence-electron chi connectivity index (χ0n) is 15.5. The summed E-state index contributed by atoms with van der Waals surface area (Å²) in [6.07, 6.45) is 0. The molecule has 26 heavy (non-hydrogen) atoms. The van der Waals surface area contributed by atoms with Gasteiger partial charge in [0.15, 0.2) is 0 Å². The maximum Gasteiger partial charge on any atom is 0.252 e. The number of nitrogens with one attached hydrogen (secondary N) is 1. The van der Waals surface area contributed by atoms with E-state index in [1.807, 2.05) is 19.9 Å². The van der Waals surface area contributed by atoms with Gasteiger partial charge in [0, 0.05) is 23.5 Å². The lowest BCUT2D eigenvalue weighted by Crippen LogP contribution is -3.15. The zero-order valence-corrected chi connectivity index (χ0v) is 17.1. The van der Waals surface area contributed by atoms with Gasteiger partial charge >= 0.3 is 0 Å². The van der Waals surface area contributed by atoms with Crippen molar-refractivity contribution in [3.05, 3.63) is 40.5 Å². The molecule has 0 unspecified atom stereocenters. The number of piperazine rings is 1. The molecule has 0 amide bonds. The number of nitrogens with zero attached hydrogens (tertiary/aromatic N) is 2. The first-order chi connectivity index (χ1) is 12.3. The Kier molecular flexibility index (Phi) is 5.67. The third-order valence-electron chi connectivity index (χ3n) is 5.12. The average molecular weight is 397 g/mol. The fourth-order valence-corrected chi connectivity index (χ4v) is 6.24. The largest absolute Gasteiger partial charge is 0.349 e. The Labute approximate surface area is 159 Å². The molecule has 2 aromatic heterocycles. The Bertz CT molecular complexity index is 877. The van der Waals surface area contributed by atoms with Gasteiger partial charge in [0.25, 0.3) is 10.0 Å². The van der Waals surface area contributed by atoms with E-state index in [0.717, 1.165) is 28.4 Å². The van der Waals surface area contributed by atoms with Crippen molar-refractivity contribution in [2.75, 3.05) is 32.7 Å². The molecular formula is C18H26N3O3S2+. The smallest absolute Gasteiger partial charge is 0.252 e. The van der Waals surface area contributed by atoms with Crippen LogP contribution in [0.25, 0.3) is 0 Å². The van der Waals surface area contributed by atoms with Gasteiger partial charge in [0.2, 0.25) is 5.78 Å². The molecule has 0 aromatic carbocycles. The number of aryl methyl sites for hydroxylation is 1. The van der Waals surface area contributed by atoms with Crippen LogP contribution in [-0.2, 0) is 16.6 Å². The molecule has 3 rings (SSSR count). The molecule has 8 heteroatoms. The second kappa shape index (κ2) is 7.64. The fraction of sp³-hybridized carbons (Fsp3) is 0.500. The first-order valence-corrected chi connectivity index (χ1v) is 11.2. The third-order valence-corrected chi connectivity index (χ3v) is 8.39. The van der Waals surface area contributed by atoms with Crippen molar-refractivity contribution in [1.29, 1.82) is 0 Å². The molecule has 1 aliphatic rings. The number of hydrogen-bond acceptors (Lipinski definition) is 4. The predicted octanol–water partition coefficient (Wildman–Crippen LogP) is 0.958. The summed E-state index contributed by atoms with van der Waals surface area (Å²) < 4.78 is 29.2. The van der Waals surface area contributed by atoms with Crippen molar-refractivity contribution in [3.63, 3.8) is 0 Å². The van der Waals surface area contributed by atoms with E-state index in [1.165, 1.54) is 15.6 Å². The van der Waals surface area contributed by atoms with Crippen LogP contribution in [0.3, 0.4) is 0 Å². The van der Waals surface area contributed by atoms with E-state index in [0.29, 0.717) is 36.9 Å². The second-order valence-electron chi connectivity index (χ2n) is 6.72. The number of hydrogen-bond donors (Lipinski definition) is 1. The summed E-state index contributed by atoms with van der Waals surface area (Å²) in [7, 11) is -3.38. The molecule has 142 valence electrons. The minimum Gasteiger partial charge on any atom is -0.349 e. The summed E-state index contributed by atoms with van der Waals surface area (Å²) in [5.41, 5.74) is 2.93. The van der Waals surface area contributed by atoms with Gasteiger partial charge in [-0.05, 0) is 38.3 Å². The third kappa shape index (κ3) is 3.64. The molecule has 1 saturated heterocycles. The highest BCUT2D eigenvalue weighted by atomic mass is 32.2. The standard InChI is InChI=1S/C18H25N3O3S2/c1-4-21-14(2)12-16(15(21)3)17(22)13-19-7-9-20(10-8-19)26(23,24)18-6-5-11-25-18/h5-6,11-12H,4,7-10,13H2,1-3H3/p+1. The van der Waals surface area contributed by atoms with E-state index in [1.54, 1.807) is 17.5 Å². The highest BCUT2D eigenvalue weighted by molar-refractivity contribution is 7.91. The number of rotatable bonds is 6. The fourth-order valence-electron chi connectivity index (χ4n) is 3.65. The van der Waals surface area contributed by atoms with Gasteiger partial charge in [-0.25, -0.2) is 8.42 Å². The highest BCUT2D eigenvalue weighted by Crippen LogP contribution is 2.20. The number of quaternary nitrogens is 1. The monoisotopic (exact) mass is 396 g/mol.